The molecule has 0 saturated heterocycles. The first-order chi connectivity index (χ1) is 8.41. The van der Waals surface area contributed by atoms with Crippen molar-refractivity contribution in [2.75, 3.05) is 5.73 Å². The van der Waals surface area contributed by atoms with Crippen LogP contribution in [0.25, 0.3) is 11.1 Å². The van der Waals surface area contributed by atoms with Crippen LogP contribution in [-0.4, -0.2) is 0 Å². The molecular weight excluding hydrogens is 335 g/mol. The Bertz CT molecular complexity index is 598. The number of benzene rings is 2. The highest BCUT2D eigenvalue weighted by Gasteiger charge is 2.16. The van der Waals surface area contributed by atoms with Gasteiger partial charge >= 0.3 is 0 Å². The fourth-order valence-corrected chi connectivity index (χ4v) is 2.67. The average Bonchev–Trinajstić information content (AvgIpc) is 2.31. The van der Waals surface area contributed by atoms with Crippen LogP contribution in [0.1, 0.15) is 0 Å². The predicted molar refractivity (Wildman–Crippen MR) is 81.3 cm³/mol. The average molecular weight is 341 g/mol. The summed E-state index contributed by atoms with van der Waals surface area (Å²) >= 11 is 30.1. The largest absolute Gasteiger partial charge is 0.398 e. The molecule has 0 bridgehead atoms. The molecule has 2 aromatic rings. The lowest BCUT2D eigenvalue weighted by Crippen LogP contribution is -1.89. The van der Waals surface area contributed by atoms with Crippen molar-refractivity contribution in [1.82, 2.24) is 0 Å². The first-order valence-corrected chi connectivity index (χ1v) is 6.69. The Hall–Kier alpha value is -0.310. The van der Waals surface area contributed by atoms with Gasteiger partial charge in [-0.1, -0.05) is 64.1 Å². The number of nitrogen functional groups attached to an aromatic ring is 1. The SMILES string of the molecule is Nc1cc(-c2c(Cl)c(Cl)cc(Cl)c2Cl)ccc1Cl. The molecule has 0 aliphatic carbocycles. The molecule has 1 nitrogen and oxygen atoms in total. The maximum absolute atomic E-state index is 6.15. The van der Waals surface area contributed by atoms with Gasteiger partial charge in [0.25, 0.3) is 0 Å². The molecule has 2 N–H and O–H groups in total. The summed E-state index contributed by atoms with van der Waals surface area (Å²) in [4.78, 5) is 0. The normalized spacial score (nSPS) is 10.7. The van der Waals surface area contributed by atoms with Crippen molar-refractivity contribution in [2.24, 2.45) is 0 Å². The number of nitrogens with two attached hydrogens (primary N) is 1. The Labute approximate surface area is 129 Å². The van der Waals surface area contributed by atoms with Crippen LogP contribution < -0.4 is 5.73 Å². The molecule has 18 heavy (non-hydrogen) atoms. The minimum Gasteiger partial charge on any atom is -0.398 e. The summed E-state index contributed by atoms with van der Waals surface area (Å²) in [6, 6.07) is 6.57. The second-order valence-corrected chi connectivity index (χ2v) is 5.56. The fourth-order valence-electron chi connectivity index (χ4n) is 1.53. The van der Waals surface area contributed by atoms with Crippen molar-refractivity contribution in [3.05, 3.63) is 49.4 Å². The van der Waals surface area contributed by atoms with Crippen LogP contribution in [0.5, 0.6) is 0 Å². The van der Waals surface area contributed by atoms with Crippen LogP contribution in [-0.2, 0) is 0 Å². The van der Waals surface area contributed by atoms with E-state index in [1.807, 2.05) is 0 Å². The van der Waals surface area contributed by atoms with E-state index in [9.17, 15) is 0 Å². The van der Waals surface area contributed by atoms with Crippen molar-refractivity contribution >= 4 is 63.7 Å². The quantitative estimate of drug-likeness (QED) is 0.485. The highest BCUT2D eigenvalue weighted by atomic mass is 35.5. The van der Waals surface area contributed by atoms with Crippen LogP contribution in [0.15, 0.2) is 24.3 Å². The van der Waals surface area contributed by atoms with Gasteiger partial charge in [0.1, 0.15) is 0 Å². The third-order valence-corrected chi connectivity index (χ3v) is 4.32. The molecular formula is C12H6Cl5N. The van der Waals surface area contributed by atoms with Gasteiger partial charge in [-0.2, -0.15) is 0 Å². The third kappa shape index (κ3) is 2.52. The van der Waals surface area contributed by atoms with Crippen molar-refractivity contribution < 1.29 is 0 Å². The van der Waals surface area contributed by atoms with Gasteiger partial charge in [0.2, 0.25) is 0 Å². The van der Waals surface area contributed by atoms with Gasteiger partial charge in [0.05, 0.1) is 30.8 Å². The van der Waals surface area contributed by atoms with E-state index in [4.69, 9.17) is 63.7 Å². The molecule has 0 heterocycles. The highest BCUT2D eigenvalue weighted by Crippen LogP contribution is 2.44. The summed E-state index contributed by atoms with van der Waals surface area (Å²) in [6.45, 7) is 0. The molecule has 0 aliphatic heterocycles. The zero-order valence-electron chi connectivity index (χ0n) is 8.78. The smallest absolute Gasteiger partial charge is 0.0686 e. The molecule has 0 radical (unpaired) electrons. The molecule has 94 valence electrons. The summed E-state index contributed by atoms with van der Waals surface area (Å²) < 4.78 is 0. The van der Waals surface area contributed by atoms with Gasteiger partial charge in [-0.3, -0.25) is 0 Å². The second kappa shape index (κ2) is 5.36. The third-order valence-electron chi connectivity index (χ3n) is 2.40. The van der Waals surface area contributed by atoms with Gasteiger partial charge in [0.15, 0.2) is 0 Å². The van der Waals surface area contributed by atoms with E-state index < -0.39 is 0 Å². The highest BCUT2D eigenvalue weighted by molar-refractivity contribution is 6.50. The van der Waals surface area contributed by atoms with Gasteiger partial charge in [-0.05, 0) is 23.8 Å². The van der Waals surface area contributed by atoms with Gasteiger partial charge < -0.3 is 5.73 Å². The second-order valence-electron chi connectivity index (χ2n) is 3.58. The standard InChI is InChI=1S/C12H6Cl5N/c13-6-2-1-5(3-9(6)18)10-11(16)7(14)4-8(15)12(10)17/h1-4H,18H2. The number of hydrogen-bond acceptors (Lipinski definition) is 1. The number of halogens is 5. The zero-order chi connectivity index (χ0) is 13.4. The van der Waals surface area contributed by atoms with Crippen LogP contribution in [0, 0.1) is 0 Å². The molecule has 0 aliphatic rings. The maximum atomic E-state index is 6.15. The van der Waals surface area contributed by atoms with Crippen LogP contribution in [0.3, 0.4) is 0 Å². The molecule has 0 amide bonds. The molecule has 0 aromatic heterocycles. The Morgan fingerprint density at radius 1 is 0.722 bits per heavy atom. The van der Waals surface area contributed by atoms with Gasteiger partial charge in [-0.15, -0.1) is 0 Å². The first-order valence-electron chi connectivity index (χ1n) is 4.80. The monoisotopic (exact) mass is 339 g/mol. The molecule has 0 saturated carbocycles. The fraction of sp³-hybridized carbons (Fsp3) is 0. The summed E-state index contributed by atoms with van der Waals surface area (Å²) in [6.07, 6.45) is 0. The van der Waals surface area contributed by atoms with E-state index in [0.29, 0.717) is 41.9 Å². The summed E-state index contributed by atoms with van der Waals surface area (Å²) in [7, 11) is 0. The molecule has 0 unspecified atom stereocenters. The van der Waals surface area contributed by atoms with E-state index in [1.165, 1.54) is 6.07 Å². The van der Waals surface area contributed by atoms with Gasteiger partial charge in [-0.25, -0.2) is 0 Å². The zero-order valence-corrected chi connectivity index (χ0v) is 12.6. The summed E-state index contributed by atoms with van der Waals surface area (Å²) in [5.74, 6) is 0. The Kier molecular flexibility index (Phi) is 4.20. The molecule has 0 atom stereocenters. The van der Waals surface area contributed by atoms with Crippen LogP contribution in [0.2, 0.25) is 25.1 Å². The van der Waals surface area contributed by atoms with Crippen molar-refractivity contribution in [3.8, 4) is 11.1 Å². The van der Waals surface area contributed by atoms with E-state index >= 15 is 0 Å². The Balaban J connectivity index is 2.74. The number of hydrogen-bond donors (Lipinski definition) is 1. The van der Waals surface area contributed by atoms with E-state index in [2.05, 4.69) is 0 Å². The lowest BCUT2D eigenvalue weighted by atomic mass is 10.0. The Morgan fingerprint density at radius 3 is 1.78 bits per heavy atom. The molecule has 0 spiro atoms. The lowest BCUT2D eigenvalue weighted by Gasteiger charge is -2.11. The van der Waals surface area contributed by atoms with E-state index in [-0.39, 0.29) is 0 Å². The molecule has 2 rings (SSSR count). The van der Waals surface area contributed by atoms with Crippen molar-refractivity contribution in [3.63, 3.8) is 0 Å². The topological polar surface area (TPSA) is 26.0 Å². The maximum Gasteiger partial charge on any atom is 0.0686 e. The molecule has 2 aromatic carbocycles. The van der Waals surface area contributed by atoms with Crippen molar-refractivity contribution in [2.45, 2.75) is 0 Å². The van der Waals surface area contributed by atoms with Crippen LogP contribution >= 0.6 is 58.0 Å². The summed E-state index contributed by atoms with van der Waals surface area (Å²) in [5, 5.41) is 1.77. The van der Waals surface area contributed by atoms with E-state index in [1.54, 1.807) is 18.2 Å². The molecule has 0 fully saturated rings. The van der Waals surface area contributed by atoms with Crippen molar-refractivity contribution in [1.29, 1.82) is 0 Å². The minimum atomic E-state index is 0.327. The predicted octanol–water partition coefficient (Wildman–Crippen LogP) is 6.20. The number of anilines is 1. The van der Waals surface area contributed by atoms with E-state index in [0.717, 1.165) is 0 Å². The first kappa shape index (κ1) is 14.1. The minimum absolute atomic E-state index is 0.327. The van der Waals surface area contributed by atoms with Crippen LogP contribution in [0.4, 0.5) is 5.69 Å². The van der Waals surface area contributed by atoms with Gasteiger partial charge in [0, 0.05) is 5.56 Å². The molecule has 6 heteroatoms. The lowest BCUT2D eigenvalue weighted by molar-refractivity contribution is 1.61. The number of rotatable bonds is 1. The Morgan fingerprint density at radius 2 is 1.28 bits per heavy atom. The summed E-state index contributed by atoms with van der Waals surface area (Å²) in [5.41, 5.74) is 7.42.